The Morgan fingerprint density at radius 1 is 1.24 bits per heavy atom. The largest absolute Gasteiger partial charge is 0.461 e. The van der Waals surface area contributed by atoms with Crippen LogP contribution >= 0.6 is 0 Å². The van der Waals surface area contributed by atoms with Crippen molar-refractivity contribution in [2.24, 2.45) is 0 Å². The number of nitrogens with one attached hydrogen (secondary N) is 1. The molecule has 1 N–H and O–H groups in total. The smallest absolute Gasteiger partial charge is 0.153 e. The third-order valence-corrected chi connectivity index (χ3v) is 6.11. The van der Waals surface area contributed by atoms with Crippen LogP contribution in [0, 0.1) is 0 Å². The van der Waals surface area contributed by atoms with Crippen LogP contribution in [0.25, 0.3) is 11.0 Å². The van der Waals surface area contributed by atoms with Gasteiger partial charge in [0.25, 0.3) is 0 Å². The summed E-state index contributed by atoms with van der Waals surface area (Å²) in [6, 6.07) is 7.94. The van der Waals surface area contributed by atoms with Gasteiger partial charge in [-0.1, -0.05) is 25.1 Å². The lowest BCUT2D eigenvalue weighted by atomic mass is 10.1. The fourth-order valence-corrected chi connectivity index (χ4v) is 2.61. The normalized spacial score (nSPS) is 13.0. The summed E-state index contributed by atoms with van der Waals surface area (Å²) < 4.78 is 28.5. The first-order valence-electron chi connectivity index (χ1n) is 7.16. The Morgan fingerprint density at radius 2 is 1.90 bits per heavy atom. The third kappa shape index (κ3) is 3.30. The topological polar surface area (TPSA) is 59.3 Å². The molecule has 5 heteroatoms. The van der Waals surface area contributed by atoms with Crippen molar-refractivity contribution in [3.05, 3.63) is 35.6 Å². The van der Waals surface area contributed by atoms with Gasteiger partial charge >= 0.3 is 0 Å². The average molecular weight is 309 g/mol. The van der Waals surface area contributed by atoms with E-state index in [1.807, 2.05) is 24.3 Å². The molecule has 4 nitrogen and oxygen atoms in total. The maximum atomic E-state index is 11.7. The SMILES string of the molecule is CCc1oc2ccccc2c1CNCC(C)(C)S(C)(=O)=O. The molecule has 0 radical (unpaired) electrons. The standard InChI is InChI=1S/C16H23NO3S/c1-5-14-13(12-8-6-7-9-15(12)20-14)10-17-11-16(2,3)21(4,18)19/h6-9,17H,5,10-11H2,1-4H3. The Balaban J connectivity index is 2.17. The van der Waals surface area contributed by atoms with E-state index in [1.165, 1.54) is 6.26 Å². The number of sulfone groups is 1. The van der Waals surface area contributed by atoms with Gasteiger partial charge in [0, 0.05) is 36.7 Å². The van der Waals surface area contributed by atoms with Crippen LogP contribution in [-0.2, 0) is 22.8 Å². The predicted molar refractivity (Wildman–Crippen MR) is 86.2 cm³/mol. The van der Waals surface area contributed by atoms with Crippen LogP contribution in [0.15, 0.2) is 28.7 Å². The Hall–Kier alpha value is -1.33. The lowest BCUT2D eigenvalue weighted by molar-refractivity contribution is 0.513. The number of benzene rings is 1. The zero-order valence-corrected chi connectivity index (χ0v) is 13.9. The quantitative estimate of drug-likeness (QED) is 0.891. The van der Waals surface area contributed by atoms with Crippen molar-refractivity contribution in [1.29, 1.82) is 0 Å². The molecule has 0 unspecified atom stereocenters. The Morgan fingerprint density at radius 3 is 2.52 bits per heavy atom. The van der Waals surface area contributed by atoms with Crippen LogP contribution in [0.1, 0.15) is 32.1 Å². The number of hydrogen-bond acceptors (Lipinski definition) is 4. The number of hydrogen-bond donors (Lipinski definition) is 1. The van der Waals surface area contributed by atoms with E-state index in [1.54, 1.807) is 13.8 Å². The minimum absolute atomic E-state index is 0.411. The highest BCUT2D eigenvalue weighted by atomic mass is 32.2. The lowest BCUT2D eigenvalue weighted by Crippen LogP contribution is -2.41. The van der Waals surface area contributed by atoms with Gasteiger partial charge in [0.05, 0.1) is 4.75 Å². The van der Waals surface area contributed by atoms with E-state index < -0.39 is 14.6 Å². The first-order valence-corrected chi connectivity index (χ1v) is 9.05. The van der Waals surface area contributed by atoms with Crippen LogP contribution in [0.2, 0.25) is 0 Å². The fourth-order valence-electron chi connectivity index (χ4n) is 2.25. The first kappa shape index (κ1) is 16.0. The van der Waals surface area contributed by atoms with Gasteiger partial charge in [-0.25, -0.2) is 8.42 Å². The summed E-state index contributed by atoms with van der Waals surface area (Å²) in [6.45, 7) is 6.56. The summed E-state index contributed by atoms with van der Waals surface area (Å²) in [7, 11) is -3.09. The van der Waals surface area contributed by atoms with Crippen LogP contribution in [0.5, 0.6) is 0 Å². The highest BCUT2D eigenvalue weighted by molar-refractivity contribution is 7.92. The molecule has 0 amide bonds. The molecular formula is C16H23NO3S. The van der Waals surface area contributed by atoms with Crippen molar-refractivity contribution < 1.29 is 12.8 Å². The number of furan rings is 1. The van der Waals surface area contributed by atoms with E-state index in [-0.39, 0.29) is 0 Å². The van der Waals surface area contributed by atoms with Crippen molar-refractivity contribution in [2.75, 3.05) is 12.8 Å². The van der Waals surface area contributed by atoms with Crippen LogP contribution in [0.3, 0.4) is 0 Å². The molecular weight excluding hydrogens is 286 g/mol. The highest BCUT2D eigenvalue weighted by Crippen LogP contribution is 2.26. The van der Waals surface area contributed by atoms with Gasteiger partial charge in [-0.3, -0.25) is 0 Å². The summed E-state index contributed by atoms with van der Waals surface area (Å²) in [5.74, 6) is 0.959. The molecule has 0 atom stereocenters. The molecule has 1 heterocycles. The van der Waals surface area contributed by atoms with Gasteiger partial charge in [-0.05, 0) is 19.9 Å². The molecule has 0 bridgehead atoms. The maximum Gasteiger partial charge on any atom is 0.153 e. The number of fused-ring (bicyclic) bond motifs is 1. The molecule has 0 saturated carbocycles. The molecule has 0 aliphatic rings. The van der Waals surface area contributed by atoms with E-state index >= 15 is 0 Å². The summed E-state index contributed by atoms with van der Waals surface area (Å²) in [5.41, 5.74) is 2.01. The lowest BCUT2D eigenvalue weighted by Gasteiger charge is -2.22. The van der Waals surface area contributed by atoms with E-state index in [0.717, 1.165) is 28.7 Å². The van der Waals surface area contributed by atoms with Crippen molar-refractivity contribution in [2.45, 2.75) is 38.5 Å². The van der Waals surface area contributed by atoms with Crippen molar-refractivity contribution in [3.8, 4) is 0 Å². The molecule has 21 heavy (non-hydrogen) atoms. The predicted octanol–water partition coefficient (Wildman–Crippen LogP) is 2.91. The van der Waals surface area contributed by atoms with Crippen molar-refractivity contribution >= 4 is 20.8 Å². The minimum atomic E-state index is -3.09. The second-order valence-electron chi connectivity index (χ2n) is 5.99. The molecule has 1 aromatic carbocycles. The van der Waals surface area contributed by atoms with Crippen LogP contribution in [0.4, 0.5) is 0 Å². The number of aryl methyl sites for hydroxylation is 1. The van der Waals surface area contributed by atoms with Crippen molar-refractivity contribution in [3.63, 3.8) is 0 Å². The fraction of sp³-hybridized carbons (Fsp3) is 0.500. The second kappa shape index (κ2) is 5.81. The van der Waals surface area contributed by atoms with Crippen LogP contribution in [-0.4, -0.2) is 26.0 Å². The maximum absolute atomic E-state index is 11.7. The number of rotatable bonds is 6. The van der Waals surface area contributed by atoms with Gasteiger partial charge < -0.3 is 9.73 Å². The van der Waals surface area contributed by atoms with E-state index in [0.29, 0.717) is 13.1 Å². The highest BCUT2D eigenvalue weighted by Gasteiger charge is 2.29. The van der Waals surface area contributed by atoms with E-state index in [4.69, 9.17) is 4.42 Å². The monoisotopic (exact) mass is 309 g/mol. The molecule has 2 aromatic rings. The molecule has 0 saturated heterocycles. The summed E-state index contributed by atoms with van der Waals surface area (Å²) in [4.78, 5) is 0. The Kier molecular flexibility index (Phi) is 4.44. The molecule has 0 aliphatic carbocycles. The summed E-state index contributed by atoms with van der Waals surface area (Å²) >= 11 is 0. The molecule has 0 spiro atoms. The number of para-hydroxylation sites is 1. The van der Waals surface area contributed by atoms with Gasteiger partial charge in [0.2, 0.25) is 0 Å². The van der Waals surface area contributed by atoms with Gasteiger partial charge in [-0.2, -0.15) is 0 Å². The van der Waals surface area contributed by atoms with Gasteiger partial charge in [0.1, 0.15) is 11.3 Å². The van der Waals surface area contributed by atoms with Crippen molar-refractivity contribution in [1.82, 2.24) is 5.32 Å². The zero-order valence-electron chi connectivity index (χ0n) is 13.1. The average Bonchev–Trinajstić information content (AvgIpc) is 2.75. The first-order chi connectivity index (χ1) is 9.76. The van der Waals surface area contributed by atoms with E-state index in [2.05, 4.69) is 12.2 Å². The van der Waals surface area contributed by atoms with Crippen LogP contribution < -0.4 is 5.32 Å². The summed E-state index contributed by atoms with van der Waals surface area (Å²) in [6.07, 6.45) is 2.10. The Bertz CT molecular complexity index is 729. The molecule has 116 valence electrons. The summed E-state index contributed by atoms with van der Waals surface area (Å²) in [5, 5.41) is 4.36. The molecule has 2 rings (SSSR count). The molecule has 0 aliphatic heterocycles. The van der Waals surface area contributed by atoms with Gasteiger partial charge in [0.15, 0.2) is 9.84 Å². The molecule has 0 fully saturated rings. The molecule has 1 aromatic heterocycles. The minimum Gasteiger partial charge on any atom is -0.461 e. The van der Waals surface area contributed by atoms with E-state index in [9.17, 15) is 8.42 Å². The second-order valence-corrected chi connectivity index (χ2v) is 8.64. The van der Waals surface area contributed by atoms with Gasteiger partial charge in [-0.15, -0.1) is 0 Å². The third-order valence-electron chi connectivity index (χ3n) is 3.96. The Labute approximate surface area is 126 Å². The zero-order chi connectivity index (χ0) is 15.7.